The van der Waals surface area contributed by atoms with Gasteiger partial charge in [-0.1, -0.05) is 52.4 Å². The van der Waals surface area contributed by atoms with Crippen LogP contribution in [0.3, 0.4) is 0 Å². The highest BCUT2D eigenvalue weighted by Crippen LogP contribution is 2.36. The van der Waals surface area contributed by atoms with Crippen molar-refractivity contribution in [3.05, 3.63) is 59.1 Å². The fraction of sp³-hybridized carbons (Fsp3) is 0.333. The summed E-state index contributed by atoms with van der Waals surface area (Å²) in [6.07, 6.45) is 0. The maximum Gasteiger partial charge on any atom is 0.494 e. The number of rotatable bonds is 6. The molecule has 2 aromatic rings. The van der Waals surface area contributed by atoms with Crippen LogP contribution in [0.4, 0.5) is 0 Å². The number of nitrogens with one attached hydrogen (secondary N) is 2. The minimum absolute atomic E-state index is 0.371. The summed E-state index contributed by atoms with van der Waals surface area (Å²) in [6, 6.07) is 15.4. The summed E-state index contributed by atoms with van der Waals surface area (Å²) >= 11 is 6.02. The zero-order valence-electron chi connectivity index (χ0n) is 16.7. The zero-order chi connectivity index (χ0) is 20.5. The molecule has 28 heavy (non-hydrogen) atoms. The van der Waals surface area contributed by atoms with Gasteiger partial charge in [-0.2, -0.15) is 0 Å². The van der Waals surface area contributed by atoms with E-state index in [2.05, 4.69) is 16.7 Å². The third-order valence-electron chi connectivity index (χ3n) is 5.26. The molecule has 0 amide bonds. The molecule has 1 atom stereocenters. The Hall–Kier alpha value is -1.44. The Kier molecular flexibility index (Phi) is 6.18. The van der Waals surface area contributed by atoms with Gasteiger partial charge in [-0.15, -0.1) is 0 Å². The molecule has 2 N–H and O–H groups in total. The van der Waals surface area contributed by atoms with E-state index in [1.54, 1.807) is 12.1 Å². The number of benzene rings is 2. The van der Waals surface area contributed by atoms with Crippen LogP contribution >= 0.6 is 22.3 Å². The first-order valence-electron chi connectivity index (χ1n) is 9.15. The molecular weight excluding hydrogens is 391 g/mol. The van der Waals surface area contributed by atoms with Crippen molar-refractivity contribution in [2.45, 2.75) is 43.8 Å². The van der Waals surface area contributed by atoms with Crippen LogP contribution in [-0.4, -0.2) is 36.4 Å². The molecule has 0 saturated carbocycles. The summed E-state index contributed by atoms with van der Waals surface area (Å²) < 4.78 is 15.6. The molecule has 1 fully saturated rings. The van der Waals surface area contributed by atoms with Gasteiger partial charge in [0, 0.05) is 16.5 Å². The van der Waals surface area contributed by atoms with Gasteiger partial charge in [0.15, 0.2) is 0 Å². The van der Waals surface area contributed by atoms with Gasteiger partial charge >= 0.3 is 7.12 Å². The lowest BCUT2D eigenvalue weighted by molar-refractivity contribution is 0.00578. The van der Waals surface area contributed by atoms with Crippen molar-refractivity contribution < 1.29 is 9.31 Å². The Bertz CT molecular complexity index is 901. The lowest BCUT2D eigenvalue weighted by atomic mass is 9.79. The fourth-order valence-corrected chi connectivity index (χ4v) is 4.01. The maximum absolute atomic E-state index is 8.26. The van der Waals surface area contributed by atoms with Crippen molar-refractivity contribution in [1.82, 2.24) is 4.72 Å². The van der Waals surface area contributed by atoms with E-state index in [1.807, 2.05) is 58.0 Å². The standard InChI is InChI=1S/C21H26BClN2O2S/c1-20(2)21(3,4)27-22(26-20)16-9-7-11-18(13-16)28(5)25-14-19(24)15-8-6-10-17(23)12-15/h6-13,24-25H,5,14H2,1-4H3. The third kappa shape index (κ3) is 4.58. The van der Waals surface area contributed by atoms with Gasteiger partial charge in [0.25, 0.3) is 0 Å². The monoisotopic (exact) mass is 416 g/mol. The Morgan fingerprint density at radius 2 is 1.75 bits per heavy atom. The average Bonchev–Trinajstić information content (AvgIpc) is 2.87. The van der Waals surface area contributed by atoms with E-state index in [1.165, 1.54) is 0 Å². The molecule has 1 saturated heterocycles. The second-order valence-electron chi connectivity index (χ2n) is 7.86. The Labute approximate surface area is 175 Å². The van der Waals surface area contributed by atoms with E-state index in [0.29, 0.717) is 17.3 Å². The minimum Gasteiger partial charge on any atom is -0.399 e. The SMILES string of the molecule is C=S(NCC(=N)c1cccc(Cl)c1)c1cccc(B2OC(C)(C)C(C)(C)O2)c1. The molecule has 1 unspecified atom stereocenters. The summed E-state index contributed by atoms with van der Waals surface area (Å²) in [5, 5.41) is 8.89. The van der Waals surface area contributed by atoms with Gasteiger partial charge in [-0.3, -0.25) is 4.72 Å². The summed E-state index contributed by atoms with van der Waals surface area (Å²) in [6.45, 7) is 8.60. The Morgan fingerprint density at radius 3 is 2.39 bits per heavy atom. The van der Waals surface area contributed by atoms with Crippen molar-refractivity contribution in [1.29, 1.82) is 5.41 Å². The van der Waals surface area contributed by atoms with Crippen LogP contribution in [0.5, 0.6) is 0 Å². The topological polar surface area (TPSA) is 54.3 Å². The predicted octanol–water partition coefficient (Wildman–Crippen LogP) is 4.27. The third-order valence-corrected chi connectivity index (χ3v) is 6.82. The van der Waals surface area contributed by atoms with Crippen LogP contribution in [0.2, 0.25) is 5.02 Å². The second kappa shape index (κ2) is 8.13. The van der Waals surface area contributed by atoms with Gasteiger partial charge in [-0.05, 0) is 63.0 Å². The molecule has 1 heterocycles. The second-order valence-corrected chi connectivity index (χ2v) is 9.84. The van der Waals surface area contributed by atoms with E-state index < -0.39 is 17.8 Å². The van der Waals surface area contributed by atoms with Gasteiger partial charge in [0.1, 0.15) is 0 Å². The number of halogens is 1. The molecule has 0 radical (unpaired) electrons. The number of hydrogen-bond acceptors (Lipinski definition) is 4. The summed E-state index contributed by atoms with van der Waals surface area (Å²) in [5.41, 5.74) is 1.52. The first kappa shape index (κ1) is 21.3. The van der Waals surface area contributed by atoms with E-state index in [4.69, 9.17) is 26.3 Å². The van der Waals surface area contributed by atoms with Gasteiger partial charge < -0.3 is 14.7 Å². The highest BCUT2D eigenvalue weighted by atomic mass is 35.5. The molecule has 4 nitrogen and oxygen atoms in total. The van der Waals surface area contributed by atoms with Crippen LogP contribution in [0.15, 0.2) is 53.4 Å². The first-order valence-corrected chi connectivity index (χ1v) is 10.9. The quantitative estimate of drug-likeness (QED) is 0.420. The van der Waals surface area contributed by atoms with E-state index in [9.17, 15) is 0 Å². The molecule has 3 rings (SSSR count). The molecule has 7 heteroatoms. The minimum atomic E-state index is -0.467. The lowest BCUT2D eigenvalue weighted by Gasteiger charge is -2.32. The average molecular weight is 417 g/mol. The largest absolute Gasteiger partial charge is 0.494 e. The molecule has 0 bridgehead atoms. The van der Waals surface area contributed by atoms with Crippen molar-refractivity contribution in [3.8, 4) is 0 Å². The van der Waals surface area contributed by atoms with Gasteiger partial charge in [0.2, 0.25) is 0 Å². The van der Waals surface area contributed by atoms with Crippen molar-refractivity contribution in [3.63, 3.8) is 0 Å². The van der Waals surface area contributed by atoms with Crippen molar-refractivity contribution in [2.24, 2.45) is 0 Å². The normalized spacial score (nSPS) is 18.8. The molecule has 0 aromatic heterocycles. The van der Waals surface area contributed by atoms with Crippen LogP contribution < -0.4 is 10.2 Å². The Morgan fingerprint density at radius 1 is 1.11 bits per heavy atom. The summed E-state index contributed by atoms with van der Waals surface area (Å²) in [4.78, 5) is 1.05. The van der Waals surface area contributed by atoms with E-state index in [0.717, 1.165) is 15.9 Å². The molecular formula is C21H26BClN2O2S. The highest BCUT2D eigenvalue weighted by molar-refractivity contribution is 8.12. The molecule has 0 spiro atoms. The van der Waals surface area contributed by atoms with Crippen molar-refractivity contribution in [2.75, 3.05) is 6.54 Å². The van der Waals surface area contributed by atoms with Crippen LogP contribution in [0, 0.1) is 5.41 Å². The molecule has 2 aromatic carbocycles. The van der Waals surface area contributed by atoms with Crippen molar-refractivity contribution >= 4 is 46.4 Å². The molecule has 148 valence electrons. The van der Waals surface area contributed by atoms with Gasteiger partial charge in [0.05, 0.1) is 16.9 Å². The zero-order valence-corrected chi connectivity index (χ0v) is 18.3. The first-order chi connectivity index (χ1) is 13.1. The van der Waals surface area contributed by atoms with E-state index >= 15 is 0 Å². The lowest BCUT2D eigenvalue weighted by Crippen LogP contribution is -2.41. The molecule has 1 aliphatic heterocycles. The maximum atomic E-state index is 8.26. The predicted molar refractivity (Wildman–Crippen MR) is 121 cm³/mol. The Balaban J connectivity index is 1.67. The van der Waals surface area contributed by atoms with E-state index in [-0.39, 0.29) is 11.2 Å². The molecule has 1 aliphatic rings. The smallest absolute Gasteiger partial charge is 0.399 e. The summed E-state index contributed by atoms with van der Waals surface area (Å²) in [5.74, 6) is 4.23. The fourth-order valence-electron chi connectivity index (χ4n) is 2.81. The van der Waals surface area contributed by atoms with Crippen LogP contribution in [-0.2, 0) is 9.31 Å². The summed E-state index contributed by atoms with van der Waals surface area (Å²) in [7, 11) is -0.863. The molecule has 0 aliphatic carbocycles. The van der Waals surface area contributed by atoms with Crippen LogP contribution in [0.25, 0.3) is 0 Å². The van der Waals surface area contributed by atoms with Gasteiger partial charge in [-0.25, -0.2) is 0 Å². The highest BCUT2D eigenvalue weighted by Gasteiger charge is 2.51. The van der Waals surface area contributed by atoms with Crippen LogP contribution in [0.1, 0.15) is 33.3 Å². The number of hydrogen-bond donors (Lipinski definition) is 2.